The highest BCUT2D eigenvalue weighted by Crippen LogP contribution is 2.26. The monoisotopic (exact) mass is 211 g/mol. The Morgan fingerprint density at radius 2 is 2.40 bits per heavy atom. The van der Waals surface area contributed by atoms with E-state index in [1.54, 1.807) is 18.4 Å². The number of nitrogens with one attached hydrogen (secondary N) is 1. The molecular weight excluding hydrogens is 198 g/mol. The lowest BCUT2D eigenvalue weighted by Crippen LogP contribution is -2.56. The molecule has 2 rings (SSSR count). The zero-order chi connectivity index (χ0) is 10.7. The van der Waals surface area contributed by atoms with Crippen LogP contribution in [0.2, 0.25) is 0 Å². The Morgan fingerprint density at radius 1 is 1.60 bits per heavy atom. The quantitative estimate of drug-likeness (QED) is 0.729. The second kappa shape index (κ2) is 4.04. The number of ether oxygens (including phenoxy) is 1. The van der Waals surface area contributed by atoms with Crippen molar-refractivity contribution in [3.05, 3.63) is 24.2 Å². The van der Waals surface area contributed by atoms with Crippen LogP contribution in [0.1, 0.15) is 5.76 Å². The first-order chi connectivity index (χ1) is 7.27. The smallest absolute Gasteiger partial charge is 0.233 e. The van der Waals surface area contributed by atoms with Gasteiger partial charge in [-0.25, -0.2) is 0 Å². The summed E-state index contributed by atoms with van der Waals surface area (Å²) < 4.78 is 10.0. The van der Waals surface area contributed by atoms with Crippen molar-refractivity contribution in [2.75, 3.05) is 19.8 Å². The first-order valence-electron chi connectivity index (χ1n) is 4.76. The Kier molecular flexibility index (Phi) is 2.75. The van der Waals surface area contributed by atoms with Gasteiger partial charge in [0.25, 0.3) is 0 Å². The van der Waals surface area contributed by atoms with E-state index in [4.69, 9.17) is 14.3 Å². The van der Waals surface area contributed by atoms with E-state index in [1.165, 1.54) is 0 Å². The molecule has 0 atom stereocenters. The highest BCUT2D eigenvalue weighted by molar-refractivity contribution is 5.83. The maximum atomic E-state index is 11.7. The summed E-state index contributed by atoms with van der Waals surface area (Å²) in [4.78, 5) is 11.7. The summed E-state index contributed by atoms with van der Waals surface area (Å²) in [6.45, 7) is 0.728. The minimum Gasteiger partial charge on any atom is -0.467 e. The summed E-state index contributed by atoms with van der Waals surface area (Å²) in [6.07, 6.45) is 1.55. The van der Waals surface area contributed by atoms with Gasteiger partial charge >= 0.3 is 0 Å². The molecule has 15 heavy (non-hydrogen) atoms. The normalized spacial score (nSPS) is 18.2. The fraction of sp³-hybridized carbons (Fsp3) is 0.500. The summed E-state index contributed by atoms with van der Waals surface area (Å²) in [7, 11) is 0. The van der Waals surface area contributed by atoms with E-state index in [0.717, 1.165) is 0 Å². The molecule has 2 heterocycles. The topological polar surface area (TPSA) is 71.7 Å². The number of furan rings is 1. The molecule has 1 aliphatic heterocycles. The second-order valence-corrected chi connectivity index (χ2v) is 3.69. The molecule has 0 aromatic carbocycles. The molecule has 0 spiro atoms. The molecule has 0 saturated carbocycles. The number of amides is 1. The molecule has 1 aromatic heterocycles. The van der Waals surface area contributed by atoms with E-state index in [9.17, 15) is 4.79 Å². The largest absolute Gasteiger partial charge is 0.467 e. The molecule has 1 saturated heterocycles. The van der Waals surface area contributed by atoms with Crippen LogP contribution in [0.5, 0.6) is 0 Å². The van der Waals surface area contributed by atoms with Gasteiger partial charge in [0.2, 0.25) is 5.91 Å². The van der Waals surface area contributed by atoms with Crippen molar-refractivity contribution in [2.24, 2.45) is 5.41 Å². The van der Waals surface area contributed by atoms with Crippen molar-refractivity contribution in [1.29, 1.82) is 0 Å². The van der Waals surface area contributed by atoms with Gasteiger partial charge in [-0.1, -0.05) is 0 Å². The minimum atomic E-state index is -0.743. The summed E-state index contributed by atoms with van der Waals surface area (Å²) >= 11 is 0. The zero-order valence-corrected chi connectivity index (χ0v) is 8.23. The van der Waals surface area contributed by atoms with Gasteiger partial charge < -0.3 is 19.6 Å². The second-order valence-electron chi connectivity index (χ2n) is 3.69. The summed E-state index contributed by atoms with van der Waals surface area (Å²) in [5.41, 5.74) is -0.743. The highest BCUT2D eigenvalue weighted by Gasteiger charge is 2.45. The van der Waals surface area contributed by atoms with Crippen LogP contribution in [0.3, 0.4) is 0 Å². The van der Waals surface area contributed by atoms with E-state index < -0.39 is 5.41 Å². The van der Waals surface area contributed by atoms with Crippen LogP contribution >= 0.6 is 0 Å². The highest BCUT2D eigenvalue weighted by atomic mass is 16.5. The van der Waals surface area contributed by atoms with Gasteiger partial charge in [-0.3, -0.25) is 4.79 Å². The van der Waals surface area contributed by atoms with Crippen molar-refractivity contribution in [2.45, 2.75) is 6.54 Å². The summed E-state index contributed by atoms with van der Waals surface area (Å²) in [5, 5.41) is 11.8. The molecule has 5 nitrogen and oxygen atoms in total. The van der Waals surface area contributed by atoms with Crippen LogP contribution in [0.15, 0.2) is 22.8 Å². The van der Waals surface area contributed by atoms with E-state index in [1.807, 2.05) is 0 Å². The van der Waals surface area contributed by atoms with E-state index >= 15 is 0 Å². The number of hydrogen-bond acceptors (Lipinski definition) is 4. The van der Waals surface area contributed by atoms with Crippen molar-refractivity contribution >= 4 is 5.91 Å². The zero-order valence-electron chi connectivity index (χ0n) is 8.23. The first kappa shape index (κ1) is 10.2. The maximum Gasteiger partial charge on any atom is 0.233 e. The van der Waals surface area contributed by atoms with Crippen LogP contribution < -0.4 is 5.32 Å². The third kappa shape index (κ3) is 1.88. The fourth-order valence-electron chi connectivity index (χ4n) is 1.41. The maximum absolute atomic E-state index is 11.7. The molecule has 82 valence electrons. The van der Waals surface area contributed by atoms with Gasteiger partial charge in [0.1, 0.15) is 11.2 Å². The predicted molar refractivity (Wildman–Crippen MR) is 50.9 cm³/mol. The standard InChI is InChI=1S/C10H13NO4/c12-5-10(6-14-7-10)9(13)11-4-8-2-1-3-15-8/h1-3,12H,4-7H2,(H,11,13). The van der Waals surface area contributed by atoms with Gasteiger partial charge in [0.15, 0.2) is 0 Å². The number of aliphatic hydroxyl groups excluding tert-OH is 1. The Hall–Kier alpha value is -1.33. The Balaban J connectivity index is 1.87. The third-order valence-electron chi connectivity index (χ3n) is 2.54. The van der Waals surface area contributed by atoms with Crippen LogP contribution in [0.25, 0.3) is 0 Å². The van der Waals surface area contributed by atoms with E-state index in [0.29, 0.717) is 12.3 Å². The number of carbonyl (C=O) groups excluding carboxylic acids is 1. The summed E-state index contributed by atoms with van der Waals surface area (Å²) in [5.74, 6) is 0.504. The van der Waals surface area contributed by atoms with Crippen LogP contribution in [0.4, 0.5) is 0 Å². The summed E-state index contributed by atoms with van der Waals surface area (Å²) in [6, 6.07) is 3.54. The van der Waals surface area contributed by atoms with Crippen molar-refractivity contribution in [3.63, 3.8) is 0 Å². The van der Waals surface area contributed by atoms with Crippen LogP contribution in [-0.2, 0) is 16.1 Å². The van der Waals surface area contributed by atoms with Crippen molar-refractivity contribution in [1.82, 2.24) is 5.32 Å². The number of aliphatic hydroxyl groups is 1. The molecular formula is C10H13NO4. The lowest BCUT2D eigenvalue weighted by atomic mass is 9.86. The van der Waals surface area contributed by atoms with E-state index in [-0.39, 0.29) is 25.7 Å². The Morgan fingerprint density at radius 3 is 2.87 bits per heavy atom. The van der Waals surface area contributed by atoms with E-state index in [2.05, 4.69) is 5.32 Å². The Labute approximate surface area is 87.0 Å². The van der Waals surface area contributed by atoms with Crippen LogP contribution in [0, 0.1) is 5.41 Å². The molecule has 0 bridgehead atoms. The number of hydrogen-bond donors (Lipinski definition) is 2. The van der Waals surface area contributed by atoms with Gasteiger partial charge in [-0.15, -0.1) is 0 Å². The average molecular weight is 211 g/mol. The third-order valence-corrected chi connectivity index (χ3v) is 2.54. The Bertz CT molecular complexity index is 324. The number of carbonyl (C=O) groups is 1. The van der Waals surface area contributed by atoms with Gasteiger partial charge in [0, 0.05) is 0 Å². The molecule has 1 fully saturated rings. The molecule has 0 aliphatic carbocycles. The molecule has 1 amide bonds. The SMILES string of the molecule is O=C(NCc1ccco1)C1(CO)COC1. The van der Waals surface area contributed by atoms with Crippen LogP contribution in [-0.4, -0.2) is 30.8 Å². The number of rotatable bonds is 4. The van der Waals surface area contributed by atoms with Crippen molar-refractivity contribution in [3.8, 4) is 0 Å². The average Bonchev–Trinajstić information content (AvgIpc) is 2.66. The van der Waals surface area contributed by atoms with Gasteiger partial charge in [-0.2, -0.15) is 0 Å². The van der Waals surface area contributed by atoms with Gasteiger partial charge in [-0.05, 0) is 12.1 Å². The molecule has 1 aromatic rings. The first-order valence-corrected chi connectivity index (χ1v) is 4.76. The lowest BCUT2D eigenvalue weighted by molar-refractivity contribution is -0.170. The predicted octanol–water partition coefficient (Wildman–Crippen LogP) is -0.0953. The molecule has 2 N–H and O–H groups in total. The minimum absolute atomic E-state index is 0.184. The molecule has 0 unspecified atom stereocenters. The molecule has 1 aliphatic rings. The molecule has 5 heteroatoms. The molecule has 0 radical (unpaired) electrons. The fourth-order valence-corrected chi connectivity index (χ4v) is 1.41. The lowest BCUT2D eigenvalue weighted by Gasteiger charge is -2.37. The van der Waals surface area contributed by atoms with Crippen molar-refractivity contribution < 1.29 is 19.1 Å². The van der Waals surface area contributed by atoms with Gasteiger partial charge in [0.05, 0.1) is 32.6 Å².